The van der Waals surface area contributed by atoms with Crippen LogP contribution in [0.2, 0.25) is 15.1 Å². The predicted molar refractivity (Wildman–Crippen MR) is 193 cm³/mol. The van der Waals surface area contributed by atoms with Crippen molar-refractivity contribution < 1.29 is 43.1 Å². The minimum absolute atomic E-state index is 0.0563. The zero-order valence-electron chi connectivity index (χ0n) is 26.8. The Balaban J connectivity index is 1.04. The van der Waals surface area contributed by atoms with Gasteiger partial charge in [0.2, 0.25) is 18.4 Å². The van der Waals surface area contributed by atoms with Gasteiger partial charge in [0.25, 0.3) is 11.8 Å². The summed E-state index contributed by atoms with van der Waals surface area (Å²) in [6, 6.07) is 9.16. The van der Waals surface area contributed by atoms with Crippen LogP contribution >= 0.6 is 58.3 Å². The van der Waals surface area contributed by atoms with Crippen molar-refractivity contribution in [1.82, 2.24) is 15.1 Å². The van der Waals surface area contributed by atoms with Crippen molar-refractivity contribution in [3.63, 3.8) is 0 Å². The lowest BCUT2D eigenvalue weighted by Crippen LogP contribution is -2.70. The van der Waals surface area contributed by atoms with Crippen molar-refractivity contribution in [2.75, 3.05) is 23.4 Å². The van der Waals surface area contributed by atoms with Crippen LogP contribution in [0, 0.1) is 5.82 Å². The van der Waals surface area contributed by atoms with Gasteiger partial charge in [-0.1, -0.05) is 34.8 Å². The Morgan fingerprint density at radius 3 is 2.48 bits per heavy atom. The minimum Gasteiger partial charge on any atom is -0.505 e. The largest absolute Gasteiger partial charge is 0.505 e. The maximum Gasteiger partial charge on any atom is 0.352 e. The smallest absolute Gasteiger partial charge is 0.352 e. The van der Waals surface area contributed by atoms with Crippen LogP contribution in [0.1, 0.15) is 12.0 Å². The van der Waals surface area contributed by atoms with Gasteiger partial charge < -0.3 is 25.7 Å². The Hall–Kier alpha value is -4.28. The molecular weight excluding hydrogens is 780 g/mol. The highest BCUT2D eigenvalue weighted by atomic mass is 35.5. The summed E-state index contributed by atoms with van der Waals surface area (Å²) in [5.74, 6) is -4.22. The Morgan fingerprint density at radius 2 is 1.77 bits per heavy atom. The molecule has 6 rings (SSSR count). The van der Waals surface area contributed by atoms with Crippen LogP contribution in [0.15, 0.2) is 82.7 Å². The maximum atomic E-state index is 13.6. The molecule has 2 saturated heterocycles. The molecule has 3 aliphatic heterocycles. The predicted octanol–water partition coefficient (Wildman–Crippen LogP) is 4.61. The number of halogens is 4. The first-order chi connectivity index (χ1) is 24.8. The van der Waals surface area contributed by atoms with E-state index < -0.39 is 46.7 Å². The molecule has 0 aliphatic carbocycles. The number of carboxylic acids is 1. The number of nitrogens with one attached hydrogen (secondary N) is 2. The fraction of sp³-hybridized carbons (Fsp3) is 0.235. The number of β-lactam (4-membered cyclic amide) rings is 1. The minimum atomic E-state index is -1.32. The summed E-state index contributed by atoms with van der Waals surface area (Å²) in [5, 5.41) is 24.9. The van der Waals surface area contributed by atoms with Crippen molar-refractivity contribution in [3.8, 4) is 5.75 Å². The summed E-state index contributed by atoms with van der Waals surface area (Å²) in [6.07, 6.45) is 5.27. The molecule has 12 nitrogen and oxygen atoms in total. The number of amides is 4. The van der Waals surface area contributed by atoms with E-state index in [0.717, 1.165) is 34.4 Å². The number of hydrogen-bond donors (Lipinski definition) is 4. The zero-order chi connectivity index (χ0) is 37.3. The highest BCUT2D eigenvalue weighted by Gasteiger charge is 2.54. The molecule has 18 heteroatoms. The first kappa shape index (κ1) is 37.5. The quantitative estimate of drug-likeness (QED) is 0.0542. The molecule has 1 aromatic heterocycles. The lowest BCUT2D eigenvalue weighted by Gasteiger charge is -2.49. The molecule has 2 aromatic carbocycles. The van der Waals surface area contributed by atoms with E-state index in [0.29, 0.717) is 34.0 Å². The zero-order valence-corrected chi connectivity index (χ0v) is 30.7. The van der Waals surface area contributed by atoms with Crippen LogP contribution in [0.3, 0.4) is 0 Å². The molecule has 52 heavy (non-hydrogen) atoms. The lowest BCUT2D eigenvalue weighted by molar-refractivity contribution is -0.684. The van der Waals surface area contributed by atoms with Gasteiger partial charge in [-0.05, 0) is 47.9 Å². The summed E-state index contributed by atoms with van der Waals surface area (Å²) in [7, 11) is 0. The third-order valence-electron chi connectivity index (χ3n) is 8.30. The summed E-state index contributed by atoms with van der Waals surface area (Å²) in [6.45, 7) is 0.622. The van der Waals surface area contributed by atoms with Crippen molar-refractivity contribution in [2.45, 2.75) is 35.8 Å². The van der Waals surface area contributed by atoms with E-state index in [9.17, 15) is 38.6 Å². The van der Waals surface area contributed by atoms with Gasteiger partial charge in [-0.15, -0.1) is 23.5 Å². The number of phenolic OH excluding ortho intramolecular Hbond substituents is 1. The number of anilines is 1. The first-order valence-electron chi connectivity index (χ1n) is 15.5. The Morgan fingerprint density at radius 1 is 1.04 bits per heavy atom. The third-order valence-corrected chi connectivity index (χ3v) is 11.8. The Kier molecular flexibility index (Phi) is 11.4. The molecular formula is C34H28Cl3FN5O7S2+. The molecule has 0 spiro atoms. The monoisotopic (exact) mass is 806 g/mol. The number of thioether (sulfide) groups is 2. The van der Waals surface area contributed by atoms with E-state index >= 15 is 0 Å². The molecule has 4 amide bonds. The number of rotatable bonds is 11. The van der Waals surface area contributed by atoms with Crippen LogP contribution in [-0.4, -0.2) is 79.1 Å². The van der Waals surface area contributed by atoms with Gasteiger partial charge in [-0.3, -0.25) is 24.1 Å². The number of fused-ring (bicyclic) bond motifs is 1. The van der Waals surface area contributed by atoms with E-state index in [2.05, 4.69) is 10.6 Å². The third kappa shape index (κ3) is 8.18. The number of allylic oxidation sites excluding steroid dienone is 1. The van der Waals surface area contributed by atoms with Crippen LogP contribution in [0.4, 0.5) is 10.1 Å². The van der Waals surface area contributed by atoms with Crippen LogP contribution in [-0.2, 0) is 37.1 Å². The topological polar surface area (TPSA) is 160 Å². The van der Waals surface area contributed by atoms with Crippen LogP contribution in [0.5, 0.6) is 5.75 Å². The van der Waals surface area contributed by atoms with Crippen molar-refractivity contribution >= 4 is 93.6 Å². The molecule has 0 bridgehead atoms. The molecule has 2 atom stereocenters. The number of aliphatic carboxylic acids is 1. The molecule has 2 fully saturated rings. The van der Waals surface area contributed by atoms with E-state index in [1.807, 2.05) is 0 Å². The van der Waals surface area contributed by atoms with Crippen molar-refractivity contribution in [3.05, 3.63) is 104 Å². The van der Waals surface area contributed by atoms with Gasteiger partial charge in [0.05, 0.1) is 20.8 Å². The lowest BCUT2D eigenvalue weighted by atomic mass is 10.0. The number of aromatic nitrogens is 1. The van der Waals surface area contributed by atoms with Crippen molar-refractivity contribution in [1.29, 1.82) is 0 Å². The van der Waals surface area contributed by atoms with Gasteiger partial charge in [0.1, 0.15) is 17.1 Å². The molecule has 0 radical (unpaired) electrons. The molecule has 270 valence electrons. The number of aromatic hydroxyl groups is 1. The number of carbonyl (C=O) groups is 5. The van der Waals surface area contributed by atoms with E-state index in [4.69, 9.17) is 34.8 Å². The van der Waals surface area contributed by atoms with Gasteiger partial charge >= 0.3 is 5.97 Å². The van der Waals surface area contributed by atoms with Crippen molar-refractivity contribution in [2.24, 2.45) is 0 Å². The molecule has 3 aliphatic rings. The second-order valence-corrected chi connectivity index (χ2v) is 15.2. The SMILES string of the molecule is O=C(C[n+]1ccc(CN2CCC(=CC3=C(C(=O)O)N4C(=O)C(NC(=O)CSc5cc(Cl)c(Cl)cc5Cl)C4SC3)C2=O)cc1)Nc1ccc(O)c(F)c1. The number of nitrogens with zero attached hydrogens (tertiary/aromatic N) is 3. The summed E-state index contributed by atoms with van der Waals surface area (Å²) in [5.41, 5.74) is 1.52. The number of likely N-dealkylation sites (tertiary alicyclic amines) is 1. The number of pyridine rings is 1. The fourth-order valence-electron chi connectivity index (χ4n) is 5.76. The van der Waals surface area contributed by atoms with Gasteiger partial charge in [-0.2, -0.15) is 4.57 Å². The molecule has 0 saturated carbocycles. The maximum absolute atomic E-state index is 13.6. The summed E-state index contributed by atoms with van der Waals surface area (Å²) in [4.78, 5) is 67.3. The number of hydrogen-bond acceptors (Lipinski definition) is 8. The van der Waals surface area contributed by atoms with Gasteiger partial charge in [-0.25, -0.2) is 9.18 Å². The van der Waals surface area contributed by atoms with Gasteiger partial charge in [0.15, 0.2) is 24.0 Å². The van der Waals surface area contributed by atoms with E-state index in [-0.39, 0.29) is 51.9 Å². The highest BCUT2D eigenvalue weighted by molar-refractivity contribution is 8.00. The fourth-order valence-corrected chi connectivity index (χ4v) is 8.61. The average Bonchev–Trinajstić information content (AvgIpc) is 3.44. The Bertz CT molecular complexity index is 2070. The summed E-state index contributed by atoms with van der Waals surface area (Å²) < 4.78 is 15.2. The molecule has 4 N–H and O–H groups in total. The highest BCUT2D eigenvalue weighted by Crippen LogP contribution is 2.42. The molecule has 4 heterocycles. The van der Waals surface area contributed by atoms with Crippen LogP contribution < -0.4 is 15.2 Å². The number of carboxylic acid groups (broad SMARTS) is 1. The van der Waals surface area contributed by atoms with Crippen LogP contribution in [0.25, 0.3) is 0 Å². The Labute approximate surface area is 319 Å². The number of phenols is 1. The molecule has 2 unspecified atom stereocenters. The summed E-state index contributed by atoms with van der Waals surface area (Å²) >= 11 is 20.6. The standard InChI is InChI=1S/C34H27Cl3FN5O7S2/c35-21-11-23(37)26(12-22(21)36)51-16-28(46)40-29-32(48)43-30(34(49)50)19(15-52-33(29)43)9-18-5-8-42(31(18)47)13-17-3-6-41(7-4-17)14-27(45)39-20-1-2-25(44)24(38)10-20/h1-4,6-7,9-12,29,33H,5,8,13-16H2,(H3-,39,40,44,45,46,49,50)/p+1. The number of benzene rings is 2. The van der Waals surface area contributed by atoms with E-state index in [1.165, 1.54) is 23.9 Å². The average molecular weight is 808 g/mol. The second-order valence-electron chi connectivity index (χ2n) is 11.9. The van der Waals surface area contributed by atoms with E-state index in [1.54, 1.807) is 46.1 Å². The first-order valence-corrected chi connectivity index (χ1v) is 18.7. The number of carbonyl (C=O) groups excluding carboxylic acids is 4. The second kappa shape index (κ2) is 15.8. The van der Waals surface area contributed by atoms with Gasteiger partial charge in [0, 0.05) is 53.2 Å². The normalized spacial score (nSPS) is 19.1. The molecule has 3 aromatic rings.